The van der Waals surface area contributed by atoms with Gasteiger partial charge in [-0.2, -0.15) is 4.68 Å². The minimum absolute atomic E-state index is 0.280. The molecule has 21 heavy (non-hydrogen) atoms. The smallest absolute Gasteiger partial charge is 0.311 e. The molecule has 0 fully saturated rings. The molecule has 0 saturated heterocycles. The fourth-order valence-corrected chi connectivity index (χ4v) is 2.17. The Morgan fingerprint density at radius 3 is 2.52 bits per heavy atom. The number of carboxylic acid groups (broad SMARTS) is 1. The van der Waals surface area contributed by atoms with E-state index in [1.807, 2.05) is 44.2 Å². The molecule has 1 aromatic carbocycles. The van der Waals surface area contributed by atoms with Crippen LogP contribution < -0.4 is 5.32 Å². The predicted octanol–water partition coefficient (Wildman–Crippen LogP) is 1.97. The average molecular weight is 289 g/mol. The Balaban J connectivity index is 2.18. The number of tetrazole rings is 1. The number of rotatable bonds is 7. The van der Waals surface area contributed by atoms with Crippen LogP contribution in [0.4, 0.5) is 5.95 Å². The van der Waals surface area contributed by atoms with Gasteiger partial charge in [0.05, 0.1) is 11.1 Å². The number of anilines is 1. The fraction of sp³-hybridized carbons (Fsp3) is 0.429. The van der Waals surface area contributed by atoms with Crippen molar-refractivity contribution in [1.29, 1.82) is 0 Å². The SMILES string of the molecule is CCC(CC)(CNc1nnnn1-c1ccccc1)C(=O)O. The van der Waals surface area contributed by atoms with Crippen LogP contribution in [0.5, 0.6) is 0 Å². The first-order chi connectivity index (χ1) is 10.1. The van der Waals surface area contributed by atoms with Gasteiger partial charge in [-0.25, -0.2) is 0 Å². The largest absolute Gasteiger partial charge is 0.481 e. The Morgan fingerprint density at radius 1 is 1.29 bits per heavy atom. The van der Waals surface area contributed by atoms with Gasteiger partial charge >= 0.3 is 5.97 Å². The van der Waals surface area contributed by atoms with Crippen LogP contribution in [0.3, 0.4) is 0 Å². The quantitative estimate of drug-likeness (QED) is 0.809. The normalized spacial score (nSPS) is 11.3. The maximum Gasteiger partial charge on any atom is 0.311 e. The lowest BCUT2D eigenvalue weighted by molar-refractivity contribution is -0.148. The highest BCUT2D eigenvalue weighted by Gasteiger charge is 2.35. The van der Waals surface area contributed by atoms with E-state index in [2.05, 4.69) is 20.8 Å². The van der Waals surface area contributed by atoms with Crippen LogP contribution in [0.1, 0.15) is 26.7 Å². The standard InChI is InChI=1S/C14H19N5O2/c1-3-14(4-2,12(20)21)10-15-13-16-17-18-19(13)11-8-6-5-7-9-11/h5-9H,3-4,10H2,1-2H3,(H,20,21)(H,15,16,18). The molecule has 112 valence electrons. The van der Waals surface area contributed by atoms with Crippen LogP contribution in [-0.2, 0) is 4.79 Å². The second-order valence-electron chi connectivity index (χ2n) is 4.90. The average Bonchev–Trinajstić information content (AvgIpc) is 2.98. The van der Waals surface area contributed by atoms with E-state index in [9.17, 15) is 9.90 Å². The molecule has 2 N–H and O–H groups in total. The number of hydrogen-bond donors (Lipinski definition) is 2. The highest BCUT2D eigenvalue weighted by molar-refractivity contribution is 5.75. The zero-order valence-corrected chi connectivity index (χ0v) is 12.2. The summed E-state index contributed by atoms with van der Waals surface area (Å²) in [5.41, 5.74) is 0.00641. The molecule has 0 saturated carbocycles. The molecule has 0 aliphatic rings. The molecule has 0 aliphatic carbocycles. The van der Waals surface area contributed by atoms with Gasteiger partial charge in [0.1, 0.15) is 0 Å². The van der Waals surface area contributed by atoms with Crippen molar-refractivity contribution in [2.45, 2.75) is 26.7 Å². The van der Waals surface area contributed by atoms with Crippen molar-refractivity contribution in [3.05, 3.63) is 30.3 Å². The summed E-state index contributed by atoms with van der Waals surface area (Å²) in [4.78, 5) is 11.5. The summed E-state index contributed by atoms with van der Waals surface area (Å²) >= 11 is 0. The van der Waals surface area contributed by atoms with E-state index < -0.39 is 11.4 Å². The molecule has 0 unspecified atom stereocenters. The van der Waals surface area contributed by atoms with Gasteiger partial charge in [0.2, 0.25) is 5.95 Å². The molecule has 7 nitrogen and oxygen atoms in total. The second-order valence-corrected chi connectivity index (χ2v) is 4.90. The zero-order valence-electron chi connectivity index (χ0n) is 12.2. The van der Waals surface area contributed by atoms with E-state index in [-0.39, 0.29) is 6.54 Å². The molecular weight excluding hydrogens is 270 g/mol. The van der Waals surface area contributed by atoms with Crippen molar-refractivity contribution in [2.24, 2.45) is 5.41 Å². The summed E-state index contributed by atoms with van der Waals surface area (Å²) in [5, 5.41) is 24.0. The molecular formula is C14H19N5O2. The van der Waals surface area contributed by atoms with Gasteiger partial charge < -0.3 is 10.4 Å². The number of hydrogen-bond acceptors (Lipinski definition) is 5. The Hall–Kier alpha value is -2.44. The van der Waals surface area contributed by atoms with Gasteiger partial charge in [-0.05, 0) is 35.4 Å². The molecule has 0 radical (unpaired) electrons. The van der Waals surface area contributed by atoms with Gasteiger partial charge in [-0.15, -0.1) is 0 Å². The fourth-order valence-electron chi connectivity index (χ4n) is 2.17. The lowest BCUT2D eigenvalue weighted by atomic mass is 9.82. The Bertz CT molecular complexity index is 592. The summed E-state index contributed by atoms with van der Waals surface area (Å²) in [6.45, 7) is 4.03. The number of benzene rings is 1. The highest BCUT2D eigenvalue weighted by Crippen LogP contribution is 2.27. The molecule has 0 atom stereocenters. The van der Waals surface area contributed by atoms with Crippen molar-refractivity contribution in [1.82, 2.24) is 20.2 Å². The molecule has 2 rings (SSSR count). The lowest BCUT2D eigenvalue weighted by Gasteiger charge is -2.26. The van der Waals surface area contributed by atoms with E-state index in [1.54, 1.807) is 4.68 Å². The van der Waals surface area contributed by atoms with Gasteiger partial charge in [-0.1, -0.05) is 37.1 Å². The molecule has 0 aliphatic heterocycles. The molecule has 0 bridgehead atoms. The Labute approximate surface area is 123 Å². The van der Waals surface area contributed by atoms with Crippen LogP contribution in [0, 0.1) is 5.41 Å². The number of aliphatic carboxylic acids is 1. The first-order valence-corrected chi connectivity index (χ1v) is 6.94. The number of nitrogens with one attached hydrogen (secondary N) is 1. The summed E-state index contributed by atoms with van der Waals surface area (Å²) in [6, 6.07) is 9.45. The topological polar surface area (TPSA) is 92.9 Å². The monoisotopic (exact) mass is 289 g/mol. The lowest BCUT2D eigenvalue weighted by Crippen LogP contribution is -2.37. The van der Waals surface area contributed by atoms with E-state index in [4.69, 9.17) is 0 Å². The van der Waals surface area contributed by atoms with Crippen LogP contribution in [-0.4, -0.2) is 37.8 Å². The number of carboxylic acids is 1. The minimum Gasteiger partial charge on any atom is -0.481 e. The third kappa shape index (κ3) is 3.01. The number of para-hydroxylation sites is 1. The van der Waals surface area contributed by atoms with Crippen LogP contribution in [0.25, 0.3) is 5.69 Å². The van der Waals surface area contributed by atoms with E-state index in [1.165, 1.54) is 0 Å². The number of nitrogens with zero attached hydrogens (tertiary/aromatic N) is 4. The second kappa shape index (κ2) is 6.34. The third-order valence-electron chi connectivity index (χ3n) is 3.86. The van der Waals surface area contributed by atoms with Gasteiger partial charge in [0, 0.05) is 6.54 Å². The summed E-state index contributed by atoms with van der Waals surface area (Å²) in [7, 11) is 0. The van der Waals surface area contributed by atoms with Crippen LogP contribution >= 0.6 is 0 Å². The predicted molar refractivity (Wildman–Crippen MR) is 78.3 cm³/mol. The van der Waals surface area contributed by atoms with Crippen molar-refractivity contribution in [3.63, 3.8) is 0 Å². The summed E-state index contributed by atoms with van der Waals surface area (Å²) in [5.74, 6) is -0.368. The number of carbonyl (C=O) groups is 1. The zero-order chi connectivity index (χ0) is 15.3. The van der Waals surface area contributed by atoms with E-state index >= 15 is 0 Å². The molecule has 1 heterocycles. The third-order valence-corrected chi connectivity index (χ3v) is 3.86. The van der Waals surface area contributed by atoms with Gasteiger partial charge in [-0.3, -0.25) is 4.79 Å². The van der Waals surface area contributed by atoms with Crippen molar-refractivity contribution >= 4 is 11.9 Å². The maximum absolute atomic E-state index is 11.5. The molecule has 0 amide bonds. The first-order valence-electron chi connectivity index (χ1n) is 6.94. The van der Waals surface area contributed by atoms with Crippen molar-refractivity contribution in [3.8, 4) is 5.69 Å². The highest BCUT2D eigenvalue weighted by atomic mass is 16.4. The Kier molecular flexibility index (Phi) is 4.52. The van der Waals surface area contributed by atoms with Gasteiger partial charge in [0.15, 0.2) is 0 Å². The molecule has 7 heteroatoms. The van der Waals surface area contributed by atoms with E-state index in [0.717, 1.165) is 5.69 Å². The number of aromatic nitrogens is 4. The minimum atomic E-state index is -0.812. The summed E-state index contributed by atoms with van der Waals surface area (Å²) < 4.78 is 1.55. The molecule has 2 aromatic rings. The van der Waals surface area contributed by atoms with Crippen LogP contribution in [0.15, 0.2) is 30.3 Å². The van der Waals surface area contributed by atoms with Crippen LogP contribution in [0.2, 0.25) is 0 Å². The van der Waals surface area contributed by atoms with Crippen molar-refractivity contribution < 1.29 is 9.90 Å². The molecule has 0 spiro atoms. The summed E-state index contributed by atoms with van der Waals surface area (Å²) in [6.07, 6.45) is 1.08. The maximum atomic E-state index is 11.5. The molecule has 1 aromatic heterocycles. The first kappa shape index (κ1) is 15.0. The van der Waals surface area contributed by atoms with Gasteiger partial charge in [0.25, 0.3) is 0 Å². The van der Waals surface area contributed by atoms with Crippen molar-refractivity contribution in [2.75, 3.05) is 11.9 Å². The van der Waals surface area contributed by atoms with E-state index in [0.29, 0.717) is 18.8 Å². The Morgan fingerprint density at radius 2 is 1.95 bits per heavy atom.